The van der Waals surface area contributed by atoms with Crippen LogP contribution in [0.3, 0.4) is 0 Å². The molecule has 1 aromatic carbocycles. The Bertz CT molecular complexity index is 668. The molecule has 100 valence electrons. The monoisotopic (exact) mass is 260 g/mol. The van der Waals surface area contributed by atoms with E-state index >= 15 is 0 Å². The van der Waals surface area contributed by atoms with Crippen LogP contribution in [0, 0.1) is 0 Å². The minimum absolute atomic E-state index is 0.113. The Balaban J connectivity index is 2.56. The molecule has 0 aliphatic heterocycles. The second-order valence-electron chi connectivity index (χ2n) is 4.43. The Morgan fingerprint density at radius 3 is 2.68 bits per heavy atom. The number of benzene rings is 1. The number of H-pyrrole nitrogens is 1. The van der Waals surface area contributed by atoms with Gasteiger partial charge in [0.2, 0.25) is 5.78 Å². The highest BCUT2D eigenvalue weighted by Gasteiger charge is 2.22. The van der Waals surface area contributed by atoms with E-state index in [0.717, 1.165) is 6.42 Å². The van der Waals surface area contributed by atoms with Crippen LogP contribution in [-0.4, -0.2) is 20.7 Å². The summed E-state index contributed by atoms with van der Waals surface area (Å²) < 4.78 is 1.29. The molecule has 0 aliphatic carbocycles. The number of aromatic hydroxyl groups is 1. The average molecular weight is 260 g/mol. The largest absolute Gasteiger partial charge is 0.507 e. The fourth-order valence-corrected chi connectivity index (χ4v) is 2.07. The van der Waals surface area contributed by atoms with Crippen LogP contribution in [-0.2, 0) is 13.5 Å². The van der Waals surface area contributed by atoms with Crippen LogP contribution >= 0.6 is 0 Å². The predicted octanol–water partition coefficient (Wildman–Crippen LogP) is 1.60. The van der Waals surface area contributed by atoms with Gasteiger partial charge in [-0.1, -0.05) is 25.5 Å². The van der Waals surface area contributed by atoms with Crippen LogP contribution in [0.2, 0.25) is 0 Å². The third-order valence-corrected chi connectivity index (χ3v) is 3.00. The van der Waals surface area contributed by atoms with Gasteiger partial charge >= 0.3 is 0 Å². The number of carbonyl (C=O) groups is 1. The van der Waals surface area contributed by atoms with Crippen LogP contribution in [0.5, 0.6) is 5.75 Å². The molecule has 0 spiro atoms. The van der Waals surface area contributed by atoms with Crippen molar-refractivity contribution in [3.63, 3.8) is 0 Å². The smallest absolute Gasteiger partial charge is 0.277 e. The Morgan fingerprint density at radius 2 is 2.05 bits per heavy atom. The molecule has 2 rings (SSSR count). The zero-order valence-electron chi connectivity index (χ0n) is 10.9. The number of phenols is 1. The zero-order chi connectivity index (χ0) is 14.0. The molecule has 0 radical (unpaired) electrons. The third kappa shape index (κ3) is 2.31. The van der Waals surface area contributed by atoms with Gasteiger partial charge in [0.1, 0.15) is 11.3 Å². The topological polar surface area (TPSA) is 75.1 Å². The summed E-state index contributed by atoms with van der Waals surface area (Å²) in [6, 6.07) is 6.24. The number of hydrogen-bond donors (Lipinski definition) is 2. The van der Waals surface area contributed by atoms with E-state index in [-0.39, 0.29) is 22.4 Å². The Kier molecular flexibility index (Phi) is 3.55. The first kappa shape index (κ1) is 13.1. The number of phenolic OH excluding ortho intramolecular Hbond substituents is 1. The summed E-state index contributed by atoms with van der Waals surface area (Å²) in [6.07, 6.45) is 1.44. The quantitative estimate of drug-likeness (QED) is 0.820. The van der Waals surface area contributed by atoms with E-state index in [1.807, 2.05) is 6.92 Å². The summed E-state index contributed by atoms with van der Waals surface area (Å²) in [4.78, 5) is 24.4. The van der Waals surface area contributed by atoms with E-state index in [1.165, 1.54) is 16.8 Å². The molecule has 0 amide bonds. The SMILES string of the molecule is CCCc1[nH]n(C)c(=O)c1C(=O)c1ccccc1O. The number of nitrogens with zero attached hydrogens (tertiary/aromatic N) is 1. The molecule has 1 aromatic heterocycles. The van der Waals surface area contributed by atoms with Crippen LogP contribution in [0.25, 0.3) is 0 Å². The minimum Gasteiger partial charge on any atom is -0.507 e. The van der Waals surface area contributed by atoms with Gasteiger partial charge in [0.15, 0.2) is 0 Å². The van der Waals surface area contributed by atoms with Gasteiger partial charge in [-0.15, -0.1) is 0 Å². The standard InChI is InChI=1S/C14H16N2O3/c1-3-6-10-12(14(19)16(2)15-10)13(18)9-7-4-5-8-11(9)17/h4-5,7-8,15,17H,3,6H2,1-2H3. The first-order valence-electron chi connectivity index (χ1n) is 6.16. The fraction of sp³-hybridized carbons (Fsp3) is 0.286. The number of aryl methyl sites for hydroxylation is 2. The van der Waals surface area contributed by atoms with Gasteiger partial charge in [0.05, 0.1) is 5.56 Å². The third-order valence-electron chi connectivity index (χ3n) is 3.00. The maximum Gasteiger partial charge on any atom is 0.277 e. The fourth-order valence-electron chi connectivity index (χ4n) is 2.07. The number of carbonyl (C=O) groups excluding carboxylic acids is 1. The maximum atomic E-state index is 12.4. The summed E-state index contributed by atoms with van der Waals surface area (Å²) in [5, 5.41) is 12.6. The van der Waals surface area contributed by atoms with E-state index < -0.39 is 5.78 Å². The van der Waals surface area contributed by atoms with Crippen LogP contribution in [0.4, 0.5) is 0 Å². The van der Waals surface area contributed by atoms with E-state index in [1.54, 1.807) is 19.2 Å². The van der Waals surface area contributed by atoms with Crippen molar-refractivity contribution in [1.82, 2.24) is 9.78 Å². The lowest BCUT2D eigenvalue weighted by Crippen LogP contribution is -2.19. The lowest BCUT2D eigenvalue weighted by atomic mass is 10.0. The molecule has 19 heavy (non-hydrogen) atoms. The summed E-state index contributed by atoms with van der Waals surface area (Å²) in [6.45, 7) is 1.97. The van der Waals surface area contributed by atoms with Gasteiger partial charge in [0, 0.05) is 12.7 Å². The molecule has 0 aliphatic rings. The molecule has 0 saturated heterocycles. The van der Waals surface area contributed by atoms with Crippen molar-refractivity contribution in [3.05, 3.63) is 51.4 Å². The highest BCUT2D eigenvalue weighted by Crippen LogP contribution is 2.20. The molecule has 1 heterocycles. The van der Waals surface area contributed by atoms with Crippen molar-refractivity contribution in [1.29, 1.82) is 0 Å². The molecule has 0 fully saturated rings. The van der Waals surface area contributed by atoms with Crippen molar-refractivity contribution in [2.75, 3.05) is 0 Å². The van der Waals surface area contributed by atoms with E-state index in [9.17, 15) is 14.7 Å². The summed E-state index contributed by atoms with van der Waals surface area (Å²) in [5.74, 6) is -0.554. The molecule has 5 heteroatoms. The Morgan fingerprint density at radius 1 is 1.37 bits per heavy atom. The normalized spacial score (nSPS) is 10.6. The van der Waals surface area contributed by atoms with Crippen molar-refractivity contribution >= 4 is 5.78 Å². The Hall–Kier alpha value is -2.30. The molecule has 0 bridgehead atoms. The molecule has 5 nitrogen and oxygen atoms in total. The van der Waals surface area contributed by atoms with Crippen LogP contribution in [0.1, 0.15) is 35.0 Å². The second-order valence-corrected chi connectivity index (χ2v) is 4.43. The molecular formula is C14H16N2O3. The van der Waals surface area contributed by atoms with Gasteiger partial charge in [-0.25, -0.2) is 0 Å². The average Bonchev–Trinajstić information content (AvgIpc) is 2.65. The molecule has 0 atom stereocenters. The number of hydrogen-bond acceptors (Lipinski definition) is 3. The van der Waals surface area contributed by atoms with Gasteiger partial charge in [-0.2, -0.15) is 0 Å². The molecular weight excluding hydrogens is 244 g/mol. The second kappa shape index (κ2) is 5.14. The van der Waals surface area contributed by atoms with E-state index in [2.05, 4.69) is 5.10 Å². The van der Waals surface area contributed by atoms with E-state index in [0.29, 0.717) is 12.1 Å². The molecule has 0 unspecified atom stereocenters. The number of aromatic amines is 1. The summed E-state index contributed by atoms with van der Waals surface area (Å²) >= 11 is 0. The van der Waals surface area contributed by atoms with Gasteiger partial charge < -0.3 is 5.11 Å². The Labute approximate surface area is 110 Å². The lowest BCUT2D eigenvalue weighted by Gasteiger charge is -2.03. The first-order chi connectivity index (χ1) is 9.06. The minimum atomic E-state index is -0.441. The van der Waals surface area contributed by atoms with E-state index in [4.69, 9.17) is 0 Å². The predicted molar refractivity (Wildman–Crippen MR) is 71.6 cm³/mol. The first-order valence-corrected chi connectivity index (χ1v) is 6.16. The summed E-state index contributed by atoms with van der Waals surface area (Å²) in [7, 11) is 1.57. The molecule has 2 N–H and O–H groups in total. The van der Waals surface area contributed by atoms with Gasteiger partial charge in [-0.3, -0.25) is 19.4 Å². The summed E-state index contributed by atoms with van der Waals surface area (Å²) in [5.41, 5.74) is 0.516. The van der Waals surface area contributed by atoms with Crippen LogP contribution in [0.15, 0.2) is 29.1 Å². The van der Waals surface area contributed by atoms with Gasteiger partial charge in [-0.05, 0) is 18.6 Å². The number of ketones is 1. The number of para-hydroxylation sites is 1. The highest BCUT2D eigenvalue weighted by molar-refractivity contribution is 6.11. The lowest BCUT2D eigenvalue weighted by molar-refractivity contribution is 0.103. The van der Waals surface area contributed by atoms with Crippen molar-refractivity contribution in [2.45, 2.75) is 19.8 Å². The number of nitrogens with one attached hydrogen (secondary N) is 1. The molecule has 2 aromatic rings. The number of rotatable bonds is 4. The van der Waals surface area contributed by atoms with Crippen LogP contribution < -0.4 is 5.56 Å². The van der Waals surface area contributed by atoms with Crippen molar-refractivity contribution < 1.29 is 9.90 Å². The zero-order valence-corrected chi connectivity index (χ0v) is 10.9. The van der Waals surface area contributed by atoms with Crippen molar-refractivity contribution in [3.8, 4) is 5.75 Å². The maximum absolute atomic E-state index is 12.4. The van der Waals surface area contributed by atoms with Gasteiger partial charge in [0.25, 0.3) is 5.56 Å². The highest BCUT2D eigenvalue weighted by atomic mass is 16.3. The molecule has 0 saturated carbocycles. The van der Waals surface area contributed by atoms with Crippen molar-refractivity contribution in [2.24, 2.45) is 7.05 Å². The number of aromatic nitrogens is 2.